The van der Waals surface area contributed by atoms with Crippen LogP contribution in [-0.4, -0.2) is 45.3 Å². The summed E-state index contributed by atoms with van der Waals surface area (Å²) in [6.07, 6.45) is 1.54. The molecule has 118 valence electrons. The number of sulfonamides is 2. The van der Waals surface area contributed by atoms with Gasteiger partial charge in [0.15, 0.2) is 0 Å². The molecule has 0 fully saturated rings. The van der Waals surface area contributed by atoms with Gasteiger partial charge in [-0.05, 0) is 6.07 Å². The fourth-order valence-electron chi connectivity index (χ4n) is 1.09. The number of para-hydroxylation sites is 1. The number of carboxylic acid groups (broad SMARTS) is 1. The first-order valence-electron chi connectivity index (χ1n) is 4.99. The molecular weight excluding hydrogens is 328 g/mol. The number of hydrogen-bond acceptors (Lipinski definition) is 7. The predicted molar refractivity (Wildman–Crippen MR) is 72.9 cm³/mol. The van der Waals surface area contributed by atoms with Crippen molar-refractivity contribution in [1.29, 1.82) is 0 Å². The summed E-state index contributed by atoms with van der Waals surface area (Å²) < 4.78 is 42.0. The van der Waals surface area contributed by atoms with Crippen molar-refractivity contribution in [3.63, 3.8) is 0 Å². The molecule has 1 rings (SSSR count). The van der Waals surface area contributed by atoms with E-state index in [1.807, 2.05) is 0 Å². The van der Waals surface area contributed by atoms with Crippen LogP contribution in [-0.2, 0) is 20.0 Å². The van der Waals surface area contributed by atoms with Gasteiger partial charge in [0.25, 0.3) is 5.69 Å². The lowest BCUT2D eigenvalue weighted by molar-refractivity contribution is -0.385. The highest BCUT2D eigenvalue weighted by Gasteiger charge is 2.17. The Kier molecular flexibility index (Phi) is 6.41. The monoisotopic (exact) mass is 340 g/mol. The van der Waals surface area contributed by atoms with Crippen LogP contribution in [0.2, 0.25) is 0 Å². The number of carbonyl (C=O) groups is 1. The highest BCUT2D eigenvalue weighted by molar-refractivity contribution is 8.04. The molecule has 10 nitrogen and oxygen atoms in total. The van der Waals surface area contributed by atoms with Gasteiger partial charge in [-0.1, -0.05) is 12.1 Å². The molecule has 21 heavy (non-hydrogen) atoms. The molecule has 0 aliphatic rings. The number of benzene rings is 1. The van der Waals surface area contributed by atoms with Gasteiger partial charge in [0, 0.05) is 6.07 Å². The van der Waals surface area contributed by atoms with E-state index in [1.165, 1.54) is 22.3 Å². The fourth-order valence-corrected chi connectivity index (χ4v) is 3.29. The summed E-state index contributed by atoms with van der Waals surface area (Å²) in [7, 11) is -7.24. The number of nitro groups is 1. The lowest BCUT2D eigenvalue weighted by Gasteiger charge is -1.94. The molecule has 0 spiro atoms. The van der Waals surface area contributed by atoms with Gasteiger partial charge >= 0.3 is 5.97 Å². The molecule has 0 saturated carbocycles. The van der Waals surface area contributed by atoms with Crippen LogP contribution in [0, 0.1) is 10.1 Å². The van der Waals surface area contributed by atoms with Crippen LogP contribution in [0.1, 0.15) is 10.4 Å². The highest BCUT2D eigenvalue weighted by atomic mass is 32.3. The first-order valence-corrected chi connectivity index (χ1v) is 8.77. The molecule has 0 aliphatic carbocycles. The number of aromatic carboxylic acids is 1. The number of nitro benzene ring substituents is 1. The third kappa shape index (κ3) is 8.67. The summed E-state index contributed by atoms with van der Waals surface area (Å²) in [6, 6.07) is 5.21. The molecule has 0 atom stereocenters. The van der Waals surface area contributed by atoms with Crippen molar-refractivity contribution in [3.05, 3.63) is 39.9 Å². The summed E-state index contributed by atoms with van der Waals surface area (Å²) in [4.78, 5) is 20.0. The maximum absolute atomic E-state index is 10.4. The molecule has 2 N–H and O–H groups in total. The van der Waals surface area contributed by atoms with Gasteiger partial charge in [-0.2, -0.15) is 0 Å². The zero-order chi connectivity index (χ0) is 16.8. The second-order valence-corrected chi connectivity index (χ2v) is 7.46. The Balaban J connectivity index is 0.000000400. The van der Waals surface area contributed by atoms with E-state index < -0.39 is 30.9 Å². The number of rotatable bonds is 4. The molecular formula is C9H12N2O8S2. The van der Waals surface area contributed by atoms with Gasteiger partial charge in [0.2, 0.25) is 20.0 Å². The van der Waals surface area contributed by atoms with Crippen LogP contribution in [0.3, 0.4) is 0 Å². The second-order valence-electron chi connectivity index (χ2n) is 3.71. The molecule has 0 amide bonds. The minimum absolute atomic E-state index is 0.289. The average Bonchev–Trinajstić information content (AvgIpc) is 2.24. The third-order valence-electron chi connectivity index (χ3n) is 1.63. The first kappa shape index (κ1) is 18.9. The van der Waals surface area contributed by atoms with E-state index >= 15 is 0 Å². The maximum Gasteiger partial charge on any atom is 0.342 e. The Morgan fingerprint density at radius 1 is 1.14 bits per heavy atom. The van der Waals surface area contributed by atoms with Gasteiger partial charge in [0.1, 0.15) is 5.56 Å². The van der Waals surface area contributed by atoms with Crippen LogP contribution in [0.4, 0.5) is 5.69 Å². The highest BCUT2D eigenvalue weighted by Crippen LogP contribution is 2.16. The van der Waals surface area contributed by atoms with Crippen molar-refractivity contribution in [1.82, 2.24) is 4.13 Å². The first-order chi connectivity index (χ1) is 9.33. The molecule has 1 aromatic rings. The number of carboxylic acids is 1. The Hall–Kier alpha value is -2.05. The molecule has 0 heterocycles. The van der Waals surface area contributed by atoms with Gasteiger partial charge in [-0.3, -0.25) is 10.1 Å². The smallest absolute Gasteiger partial charge is 0.342 e. The molecule has 0 aromatic heterocycles. The second kappa shape index (κ2) is 7.10. The van der Waals surface area contributed by atoms with Crippen LogP contribution in [0.5, 0.6) is 0 Å². The SMILES string of the molecule is CS(=O)(=O)NS(C)(=O)=O.O=C(O)c1ccccc1[N+](=O)[O-]. The van der Waals surface area contributed by atoms with E-state index in [0.717, 1.165) is 18.6 Å². The van der Waals surface area contributed by atoms with Crippen molar-refractivity contribution < 1.29 is 31.7 Å². The maximum atomic E-state index is 10.4. The molecule has 0 saturated heterocycles. The summed E-state index contributed by atoms with van der Waals surface area (Å²) in [5, 5.41) is 18.8. The third-order valence-corrected chi connectivity index (χ3v) is 4.06. The van der Waals surface area contributed by atoms with Crippen molar-refractivity contribution in [2.45, 2.75) is 0 Å². The lowest BCUT2D eigenvalue weighted by Crippen LogP contribution is -2.27. The van der Waals surface area contributed by atoms with E-state index in [2.05, 4.69) is 0 Å². The number of nitrogens with zero attached hydrogens (tertiary/aromatic N) is 1. The standard InChI is InChI=1S/C7H5NO4.C2H7NO4S2/c9-7(10)5-3-1-2-4-6(5)8(11)12;1-8(4,5)3-9(2,6)7/h1-4H,(H,9,10);3H,1-2H3. The van der Waals surface area contributed by atoms with Crippen molar-refractivity contribution >= 4 is 31.7 Å². The van der Waals surface area contributed by atoms with Crippen LogP contribution in [0.15, 0.2) is 24.3 Å². The van der Waals surface area contributed by atoms with Crippen molar-refractivity contribution in [3.8, 4) is 0 Å². The molecule has 0 bridgehead atoms. The average molecular weight is 340 g/mol. The lowest BCUT2D eigenvalue weighted by atomic mass is 10.2. The minimum atomic E-state index is -3.62. The molecule has 1 aromatic carbocycles. The Morgan fingerprint density at radius 2 is 1.57 bits per heavy atom. The summed E-state index contributed by atoms with van der Waals surface area (Å²) in [6.45, 7) is 0. The topological polar surface area (TPSA) is 161 Å². The van der Waals surface area contributed by atoms with Gasteiger partial charge in [0.05, 0.1) is 17.4 Å². The van der Waals surface area contributed by atoms with Crippen LogP contribution in [0.25, 0.3) is 0 Å². The normalized spacial score (nSPS) is 11.1. The van der Waals surface area contributed by atoms with E-state index in [9.17, 15) is 31.7 Å². The summed E-state index contributed by atoms with van der Waals surface area (Å²) in [5.74, 6) is -1.29. The Bertz CT molecular complexity index is 676. The van der Waals surface area contributed by atoms with E-state index in [0.29, 0.717) is 0 Å². The Morgan fingerprint density at radius 3 is 1.81 bits per heavy atom. The minimum Gasteiger partial charge on any atom is -0.477 e. The zero-order valence-electron chi connectivity index (χ0n) is 10.9. The summed E-state index contributed by atoms with van der Waals surface area (Å²) >= 11 is 0. The molecule has 0 unspecified atom stereocenters. The van der Waals surface area contributed by atoms with Gasteiger partial charge in [-0.15, -0.1) is 4.13 Å². The fraction of sp³-hybridized carbons (Fsp3) is 0.222. The van der Waals surface area contributed by atoms with Crippen LogP contribution < -0.4 is 4.13 Å². The number of nitrogens with one attached hydrogen (secondary N) is 1. The Labute approximate surface area is 120 Å². The van der Waals surface area contributed by atoms with Gasteiger partial charge in [-0.25, -0.2) is 21.6 Å². The summed E-state index contributed by atoms with van der Waals surface area (Å²) in [5.41, 5.74) is -0.674. The molecule has 0 aliphatic heterocycles. The predicted octanol–water partition coefficient (Wildman–Crippen LogP) is -0.212. The largest absolute Gasteiger partial charge is 0.477 e. The van der Waals surface area contributed by atoms with Crippen molar-refractivity contribution in [2.75, 3.05) is 12.5 Å². The van der Waals surface area contributed by atoms with E-state index in [4.69, 9.17) is 5.11 Å². The van der Waals surface area contributed by atoms with Crippen molar-refractivity contribution in [2.24, 2.45) is 0 Å². The van der Waals surface area contributed by atoms with Crippen LogP contribution >= 0.6 is 0 Å². The van der Waals surface area contributed by atoms with E-state index in [1.54, 1.807) is 0 Å². The number of hydrogen-bond donors (Lipinski definition) is 2. The van der Waals surface area contributed by atoms with E-state index in [-0.39, 0.29) is 11.3 Å². The zero-order valence-corrected chi connectivity index (χ0v) is 12.5. The van der Waals surface area contributed by atoms with Gasteiger partial charge < -0.3 is 5.11 Å². The molecule has 0 radical (unpaired) electrons. The quantitative estimate of drug-likeness (QED) is 0.562. The molecule has 12 heteroatoms.